The third-order valence-corrected chi connectivity index (χ3v) is 4.54. The van der Waals surface area contributed by atoms with Crippen molar-refractivity contribution in [2.24, 2.45) is 10.2 Å². The molecule has 1 aliphatic heterocycles. The van der Waals surface area contributed by atoms with Crippen molar-refractivity contribution in [1.82, 2.24) is 5.32 Å². The second-order valence-corrected chi connectivity index (χ2v) is 6.79. The molecule has 7 heteroatoms. The summed E-state index contributed by atoms with van der Waals surface area (Å²) in [6, 6.07) is 14.7. The largest absolute Gasteiger partial charge is 0.507 e. The number of rotatable bonds is 4. The zero-order chi connectivity index (χ0) is 18.5. The predicted octanol–water partition coefficient (Wildman–Crippen LogP) is 3.05. The van der Waals surface area contributed by atoms with Crippen molar-refractivity contribution in [2.75, 3.05) is 19.0 Å². The molecule has 0 aliphatic carbocycles. The average molecular weight is 366 g/mol. The van der Waals surface area contributed by atoms with Gasteiger partial charge in [0.25, 0.3) is 5.91 Å². The Morgan fingerprint density at radius 3 is 2.54 bits per heavy atom. The zero-order valence-electron chi connectivity index (χ0n) is 14.4. The van der Waals surface area contributed by atoms with E-state index in [2.05, 4.69) is 15.5 Å². The summed E-state index contributed by atoms with van der Waals surface area (Å²) in [5, 5.41) is 20.7. The van der Waals surface area contributed by atoms with E-state index in [1.165, 1.54) is 18.0 Å². The Balaban J connectivity index is 1.71. The van der Waals surface area contributed by atoms with Crippen molar-refractivity contribution < 1.29 is 9.90 Å². The maximum absolute atomic E-state index is 12.1. The minimum atomic E-state index is -0.205. The lowest BCUT2D eigenvalue weighted by Crippen LogP contribution is -2.19. The molecule has 1 amide bonds. The first-order valence-electron chi connectivity index (χ1n) is 7.90. The smallest absolute Gasteiger partial charge is 0.264 e. The van der Waals surface area contributed by atoms with Crippen LogP contribution in [0.5, 0.6) is 5.75 Å². The first kappa shape index (κ1) is 17.8. The van der Waals surface area contributed by atoms with Crippen LogP contribution < -0.4 is 10.2 Å². The van der Waals surface area contributed by atoms with Crippen LogP contribution >= 0.6 is 11.8 Å². The highest BCUT2D eigenvalue weighted by molar-refractivity contribution is 8.18. The van der Waals surface area contributed by atoms with Gasteiger partial charge in [-0.2, -0.15) is 5.10 Å². The molecule has 132 valence electrons. The van der Waals surface area contributed by atoms with E-state index in [0.29, 0.717) is 15.6 Å². The van der Waals surface area contributed by atoms with Crippen LogP contribution in [0.2, 0.25) is 0 Å². The van der Waals surface area contributed by atoms with Gasteiger partial charge in [0.15, 0.2) is 5.17 Å². The van der Waals surface area contributed by atoms with E-state index in [-0.39, 0.29) is 11.7 Å². The van der Waals surface area contributed by atoms with Gasteiger partial charge in [0.05, 0.1) is 11.1 Å². The molecule has 26 heavy (non-hydrogen) atoms. The SMILES string of the molecule is CN(C)c1ccc(C=C2S/C(=N\N=Cc3ccccc3O)NC2=O)cc1. The number of hydrogen-bond donors (Lipinski definition) is 2. The summed E-state index contributed by atoms with van der Waals surface area (Å²) in [4.78, 5) is 14.6. The van der Waals surface area contributed by atoms with Crippen LogP contribution in [0.3, 0.4) is 0 Å². The molecule has 0 spiro atoms. The lowest BCUT2D eigenvalue weighted by atomic mass is 10.2. The van der Waals surface area contributed by atoms with Crippen LogP contribution in [0.15, 0.2) is 63.6 Å². The Bertz CT molecular complexity index is 902. The fourth-order valence-electron chi connectivity index (χ4n) is 2.24. The summed E-state index contributed by atoms with van der Waals surface area (Å²) in [6.07, 6.45) is 3.26. The monoisotopic (exact) mass is 366 g/mol. The molecule has 1 aliphatic rings. The summed E-state index contributed by atoms with van der Waals surface area (Å²) >= 11 is 1.23. The number of benzene rings is 2. The Labute approximate surface area is 155 Å². The number of carbonyl (C=O) groups is 1. The van der Waals surface area contributed by atoms with Crippen molar-refractivity contribution in [3.05, 3.63) is 64.6 Å². The van der Waals surface area contributed by atoms with Crippen LogP contribution in [-0.2, 0) is 4.79 Å². The number of amidine groups is 1. The highest BCUT2D eigenvalue weighted by Gasteiger charge is 2.23. The van der Waals surface area contributed by atoms with Gasteiger partial charge >= 0.3 is 0 Å². The number of phenolic OH excluding ortho intramolecular Hbond substituents is 1. The summed E-state index contributed by atoms with van der Waals surface area (Å²) in [7, 11) is 3.96. The van der Waals surface area contributed by atoms with Crippen molar-refractivity contribution >= 4 is 40.8 Å². The van der Waals surface area contributed by atoms with Gasteiger partial charge in [-0.05, 0) is 47.7 Å². The molecular formula is C19H18N4O2S. The molecule has 0 unspecified atom stereocenters. The molecule has 0 bridgehead atoms. The number of carbonyl (C=O) groups excluding carboxylic acids is 1. The Kier molecular flexibility index (Phi) is 5.38. The molecule has 1 fully saturated rings. The number of phenols is 1. The Morgan fingerprint density at radius 1 is 1.12 bits per heavy atom. The van der Waals surface area contributed by atoms with Gasteiger partial charge < -0.3 is 10.0 Å². The van der Waals surface area contributed by atoms with Crippen molar-refractivity contribution in [2.45, 2.75) is 0 Å². The number of para-hydroxylation sites is 1. The molecule has 0 saturated carbocycles. The van der Waals surface area contributed by atoms with E-state index in [1.54, 1.807) is 24.3 Å². The number of hydrogen-bond acceptors (Lipinski definition) is 6. The normalized spacial score (nSPS) is 17.2. The van der Waals surface area contributed by atoms with Gasteiger partial charge in [-0.3, -0.25) is 10.1 Å². The third kappa shape index (κ3) is 4.31. The fraction of sp³-hybridized carbons (Fsp3) is 0.105. The van der Waals surface area contributed by atoms with E-state index in [4.69, 9.17) is 0 Å². The van der Waals surface area contributed by atoms with E-state index in [1.807, 2.05) is 49.3 Å². The second-order valence-electron chi connectivity index (χ2n) is 5.76. The van der Waals surface area contributed by atoms with Crippen LogP contribution in [0.25, 0.3) is 6.08 Å². The molecule has 6 nitrogen and oxygen atoms in total. The zero-order valence-corrected chi connectivity index (χ0v) is 15.2. The number of nitrogens with zero attached hydrogens (tertiary/aromatic N) is 3. The lowest BCUT2D eigenvalue weighted by Gasteiger charge is -2.11. The van der Waals surface area contributed by atoms with Crippen LogP contribution in [0.4, 0.5) is 5.69 Å². The summed E-state index contributed by atoms with van der Waals surface area (Å²) in [5.74, 6) is -0.0792. The van der Waals surface area contributed by atoms with E-state index in [9.17, 15) is 9.90 Å². The van der Waals surface area contributed by atoms with Crippen molar-refractivity contribution in [1.29, 1.82) is 0 Å². The highest BCUT2D eigenvalue weighted by atomic mass is 32.2. The first-order chi connectivity index (χ1) is 12.5. The first-order valence-corrected chi connectivity index (χ1v) is 8.72. The minimum Gasteiger partial charge on any atom is -0.507 e. The van der Waals surface area contributed by atoms with E-state index < -0.39 is 0 Å². The number of aromatic hydroxyl groups is 1. The molecule has 0 radical (unpaired) electrons. The highest BCUT2D eigenvalue weighted by Crippen LogP contribution is 2.26. The number of amides is 1. The maximum Gasteiger partial charge on any atom is 0.264 e. The lowest BCUT2D eigenvalue weighted by molar-refractivity contribution is -0.115. The molecule has 0 atom stereocenters. The molecule has 2 aromatic rings. The molecule has 2 N–H and O–H groups in total. The van der Waals surface area contributed by atoms with Crippen molar-refractivity contribution in [3.8, 4) is 5.75 Å². The molecular weight excluding hydrogens is 348 g/mol. The standard InChI is InChI=1S/C19H18N4O2S/c1-23(2)15-9-7-13(8-10-15)11-17-18(25)21-19(26-17)22-20-12-14-5-3-4-6-16(14)24/h3-12,24H,1-2H3,(H,21,22,25). The van der Waals surface area contributed by atoms with E-state index >= 15 is 0 Å². The summed E-state index contributed by atoms with van der Waals surface area (Å²) < 4.78 is 0. The molecule has 3 rings (SSSR count). The second kappa shape index (κ2) is 7.88. The van der Waals surface area contributed by atoms with Gasteiger partial charge in [0.2, 0.25) is 0 Å². The van der Waals surface area contributed by atoms with Crippen LogP contribution in [0, 0.1) is 0 Å². The fourth-order valence-corrected chi connectivity index (χ4v) is 3.01. The third-order valence-electron chi connectivity index (χ3n) is 3.64. The van der Waals surface area contributed by atoms with Gasteiger partial charge in [-0.25, -0.2) is 0 Å². The number of nitrogens with one attached hydrogen (secondary N) is 1. The van der Waals surface area contributed by atoms with Gasteiger partial charge in [0, 0.05) is 25.3 Å². The Hall–Kier alpha value is -3.06. The quantitative estimate of drug-likeness (QED) is 0.495. The van der Waals surface area contributed by atoms with Crippen LogP contribution in [0.1, 0.15) is 11.1 Å². The minimum absolute atomic E-state index is 0.126. The summed E-state index contributed by atoms with van der Waals surface area (Å²) in [6.45, 7) is 0. The Morgan fingerprint density at radius 2 is 1.85 bits per heavy atom. The maximum atomic E-state index is 12.1. The average Bonchev–Trinajstić information content (AvgIpc) is 2.96. The molecule has 0 aromatic heterocycles. The molecule has 1 heterocycles. The number of thioether (sulfide) groups is 1. The topological polar surface area (TPSA) is 77.3 Å². The molecule has 1 saturated heterocycles. The predicted molar refractivity (Wildman–Crippen MR) is 108 cm³/mol. The van der Waals surface area contributed by atoms with Gasteiger partial charge in [0.1, 0.15) is 5.75 Å². The molecule has 2 aromatic carbocycles. The van der Waals surface area contributed by atoms with Crippen LogP contribution in [-0.4, -0.2) is 36.5 Å². The van der Waals surface area contributed by atoms with E-state index in [0.717, 1.165) is 11.3 Å². The van der Waals surface area contributed by atoms with Gasteiger partial charge in [-0.1, -0.05) is 24.3 Å². The summed E-state index contributed by atoms with van der Waals surface area (Å²) in [5.41, 5.74) is 2.59. The van der Waals surface area contributed by atoms with Gasteiger partial charge in [-0.15, -0.1) is 5.10 Å². The van der Waals surface area contributed by atoms with Crippen molar-refractivity contribution in [3.63, 3.8) is 0 Å². The number of anilines is 1.